The van der Waals surface area contributed by atoms with Gasteiger partial charge in [0, 0.05) is 26.2 Å². The van der Waals surface area contributed by atoms with E-state index in [2.05, 4.69) is 15.9 Å². The Labute approximate surface area is 92.4 Å². The molecule has 86 valence electrons. The Morgan fingerprint density at radius 1 is 1.60 bits per heavy atom. The molecule has 0 N–H and O–H groups in total. The molecule has 0 spiro atoms. The molecule has 0 aliphatic carbocycles. The van der Waals surface area contributed by atoms with Crippen molar-refractivity contribution in [2.75, 3.05) is 46.9 Å². The van der Waals surface area contributed by atoms with Crippen molar-refractivity contribution in [3.63, 3.8) is 0 Å². The van der Waals surface area contributed by atoms with Crippen molar-refractivity contribution in [2.24, 2.45) is 0 Å². The minimum Gasteiger partial charge on any atom is -0.383 e. The van der Waals surface area contributed by atoms with Crippen LogP contribution in [0.1, 0.15) is 12.8 Å². The quantitative estimate of drug-likeness (QED) is 0.623. The van der Waals surface area contributed by atoms with Crippen LogP contribution in [0.3, 0.4) is 0 Å². The van der Waals surface area contributed by atoms with Crippen LogP contribution >= 0.6 is 0 Å². The van der Waals surface area contributed by atoms with E-state index >= 15 is 0 Å². The molecule has 15 heavy (non-hydrogen) atoms. The van der Waals surface area contributed by atoms with Crippen molar-refractivity contribution >= 4 is 0 Å². The lowest BCUT2D eigenvalue weighted by Gasteiger charge is -2.36. The Balaban J connectivity index is 2.31. The lowest BCUT2D eigenvalue weighted by molar-refractivity contribution is 0.0926. The first kappa shape index (κ1) is 12.4. The summed E-state index contributed by atoms with van der Waals surface area (Å²) in [6.07, 6.45) is 2.44. The first-order chi connectivity index (χ1) is 7.27. The van der Waals surface area contributed by atoms with E-state index in [9.17, 15) is 0 Å². The third-order valence-electron chi connectivity index (χ3n) is 3.04. The van der Waals surface area contributed by atoms with Crippen molar-refractivity contribution < 1.29 is 4.74 Å². The zero-order valence-corrected chi connectivity index (χ0v) is 9.78. The van der Waals surface area contributed by atoms with Gasteiger partial charge in [-0.2, -0.15) is 5.26 Å². The van der Waals surface area contributed by atoms with E-state index in [-0.39, 0.29) is 0 Å². The van der Waals surface area contributed by atoms with Crippen LogP contribution in [0.4, 0.5) is 0 Å². The van der Waals surface area contributed by atoms with Gasteiger partial charge in [0.1, 0.15) is 0 Å². The molecule has 0 aromatic carbocycles. The van der Waals surface area contributed by atoms with Gasteiger partial charge in [-0.1, -0.05) is 0 Å². The summed E-state index contributed by atoms with van der Waals surface area (Å²) >= 11 is 0. The van der Waals surface area contributed by atoms with Crippen LogP contribution in [-0.2, 0) is 4.74 Å². The molecule has 1 unspecified atom stereocenters. The average molecular weight is 211 g/mol. The molecule has 1 aliphatic rings. The average Bonchev–Trinajstić information content (AvgIpc) is 2.27. The number of rotatable bonds is 5. The molecular formula is C11H21N3O. The van der Waals surface area contributed by atoms with Crippen LogP contribution in [0.15, 0.2) is 0 Å². The number of nitriles is 1. The van der Waals surface area contributed by atoms with Crippen LogP contribution in [0.2, 0.25) is 0 Å². The summed E-state index contributed by atoms with van der Waals surface area (Å²) in [5.41, 5.74) is 0. The van der Waals surface area contributed by atoms with Gasteiger partial charge >= 0.3 is 0 Å². The molecule has 0 aromatic rings. The molecule has 0 bridgehead atoms. The second kappa shape index (κ2) is 6.78. The van der Waals surface area contributed by atoms with E-state index in [1.807, 2.05) is 7.05 Å². The highest BCUT2D eigenvalue weighted by atomic mass is 16.5. The van der Waals surface area contributed by atoms with Gasteiger partial charge in [-0.25, -0.2) is 0 Å². The smallest absolute Gasteiger partial charge is 0.0866 e. The van der Waals surface area contributed by atoms with Gasteiger partial charge in [0.15, 0.2) is 0 Å². The van der Waals surface area contributed by atoms with Gasteiger partial charge in [0.2, 0.25) is 0 Å². The van der Waals surface area contributed by atoms with Crippen molar-refractivity contribution in [1.82, 2.24) is 9.80 Å². The largest absolute Gasteiger partial charge is 0.383 e. The predicted molar refractivity (Wildman–Crippen MR) is 59.6 cm³/mol. The summed E-state index contributed by atoms with van der Waals surface area (Å²) < 4.78 is 5.08. The lowest BCUT2D eigenvalue weighted by Crippen LogP contribution is -2.47. The van der Waals surface area contributed by atoms with Gasteiger partial charge in [-0.05, 0) is 26.4 Å². The maximum absolute atomic E-state index is 8.65. The van der Waals surface area contributed by atoms with E-state index in [1.54, 1.807) is 7.11 Å². The SMILES string of the molecule is COCCN1CCCC(N(C)CC#N)C1. The minimum absolute atomic E-state index is 0.531. The number of likely N-dealkylation sites (tertiary alicyclic amines) is 1. The summed E-state index contributed by atoms with van der Waals surface area (Å²) in [6.45, 7) is 4.58. The molecule has 4 heteroatoms. The Hall–Kier alpha value is -0.630. The highest BCUT2D eigenvalue weighted by Crippen LogP contribution is 2.13. The maximum Gasteiger partial charge on any atom is 0.0866 e. The molecule has 4 nitrogen and oxygen atoms in total. The standard InChI is InChI=1S/C11H21N3O/c1-13(7-5-12)11-4-3-6-14(10-11)8-9-15-2/h11H,3-4,6-10H2,1-2H3. The minimum atomic E-state index is 0.531. The Kier molecular flexibility index (Phi) is 5.62. The number of methoxy groups -OCH3 is 1. The number of likely N-dealkylation sites (N-methyl/N-ethyl adjacent to an activating group) is 1. The lowest BCUT2D eigenvalue weighted by atomic mass is 10.0. The number of hydrogen-bond donors (Lipinski definition) is 0. The van der Waals surface area contributed by atoms with Gasteiger partial charge in [0.25, 0.3) is 0 Å². The monoisotopic (exact) mass is 211 g/mol. The molecule has 0 aromatic heterocycles. The van der Waals surface area contributed by atoms with Gasteiger partial charge in [-0.3, -0.25) is 9.80 Å². The topological polar surface area (TPSA) is 39.5 Å². The van der Waals surface area contributed by atoms with Gasteiger partial charge in [0.05, 0.1) is 19.2 Å². The maximum atomic E-state index is 8.65. The van der Waals surface area contributed by atoms with E-state index < -0.39 is 0 Å². The third-order valence-corrected chi connectivity index (χ3v) is 3.04. The van der Waals surface area contributed by atoms with Gasteiger partial charge < -0.3 is 4.74 Å². The van der Waals surface area contributed by atoms with Crippen molar-refractivity contribution in [2.45, 2.75) is 18.9 Å². The number of nitrogens with zero attached hydrogens (tertiary/aromatic N) is 3. The molecule has 1 rings (SSSR count). The molecular weight excluding hydrogens is 190 g/mol. The Bertz CT molecular complexity index is 214. The number of ether oxygens (including phenoxy) is 1. The van der Waals surface area contributed by atoms with Crippen molar-refractivity contribution in [3.8, 4) is 6.07 Å². The van der Waals surface area contributed by atoms with E-state index in [4.69, 9.17) is 10.00 Å². The fourth-order valence-electron chi connectivity index (χ4n) is 2.06. The number of piperidine rings is 1. The molecule has 0 amide bonds. The van der Waals surface area contributed by atoms with Crippen LogP contribution in [0.25, 0.3) is 0 Å². The van der Waals surface area contributed by atoms with Crippen LogP contribution in [0, 0.1) is 11.3 Å². The highest BCUT2D eigenvalue weighted by molar-refractivity contribution is 4.84. The Morgan fingerprint density at radius 3 is 3.07 bits per heavy atom. The number of hydrogen-bond acceptors (Lipinski definition) is 4. The van der Waals surface area contributed by atoms with E-state index in [1.165, 1.54) is 19.4 Å². The summed E-state index contributed by atoms with van der Waals surface area (Å²) in [6, 6.07) is 2.74. The second-order valence-electron chi connectivity index (χ2n) is 4.16. The zero-order chi connectivity index (χ0) is 11.1. The summed E-state index contributed by atoms with van der Waals surface area (Å²) in [5.74, 6) is 0. The van der Waals surface area contributed by atoms with Gasteiger partial charge in [-0.15, -0.1) is 0 Å². The molecule has 0 saturated carbocycles. The highest BCUT2D eigenvalue weighted by Gasteiger charge is 2.22. The van der Waals surface area contributed by atoms with Crippen molar-refractivity contribution in [1.29, 1.82) is 5.26 Å². The fraction of sp³-hybridized carbons (Fsp3) is 0.909. The second-order valence-corrected chi connectivity index (χ2v) is 4.16. The summed E-state index contributed by atoms with van der Waals surface area (Å²) in [4.78, 5) is 4.57. The fourth-order valence-corrected chi connectivity index (χ4v) is 2.06. The normalized spacial score (nSPS) is 22.9. The first-order valence-corrected chi connectivity index (χ1v) is 5.56. The zero-order valence-electron chi connectivity index (χ0n) is 9.78. The third kappa shape index (κ3) is 4.17. The van der Waals surface area contributed by atoms with Crippen LogP contribution < -0.4 is 0 Å². The Morgan fingerprint density at radius 2 is 2.40 bits per heavy atom. The molecule has 1 saturated heterocycles. The molecule has 1 aliphatic heterocycles. The van der Waals surface area contributed by atoms with Crippen molar-refractivity contribution in [3.05, 3.63) is 0 Å². The predicted octanol–water partition coefficient (Wildman–Crippen LogP) is 0.553. The van der Waals surface area contributed by atoms with E-state index in [0.717, 1.165) is 19.7 Å². The first-order valence-electron chi connectivity index (χ1n) is 5.56. The van der Waals surface area contributed by atoms with Crippen LogP contribution in [-0.4, -0.2) is 62.8 Å². The van der Waals surface area contributed by atoms with Crippen LogP contribution in [0.5, 0.6) is 0 Å². The molecule has 1 heterocycles. The molecule has 0 radical (unpaired) electrons. The van der Waals surface area contributed by atoms with E-state index in [0.29, 0.717) is 12.6 Å². The molecule has 1 atom stereocenters. The summed E-state index contributed by atoms with van der Waals surface area (Å²) in [7, 11) is 3.77. The molecule has 1 fully saturated rings. The summed E-state index contributed by atoms with van der Waals surface area (Å²) in [5, 5.41) is 8.65.